The minimum absolute atomic E-state index is 0.122. The third kappa shape index (κ3) is 3.95. The second-order valence-corrected chi connectivity index (χ2v) is 11.8. The van der Waals surface area contributed by atoms with Gasteiger partial charge in [-0.25, -0.2) is 0 Å². The summed E-state index contributed by atoms with van der Waals surface area (Å²) >= 11 is 0. The molecule has 5 aliphatic rings. The van der Waals surface area contributed by atoms with Gasteiger partial charge in [0.1, 0.15) is 5.78 Å². The maximum atomic E-state index is 12.5. The quantitative estimate of drug-likeness (QED) is 0.599. The number of nitrogens with zero attached hydrogens (tertiary/aromatic N) is 2. The molecule has 0 saturated carbocycles. The van der Waals surface area contributed by atoms with E-state index in [2.05, 4.69) is 41.9 Å². The van der Waals surface area contributed by atoms with Gasteiger partial charge in [0, 0.05) is 36.9 Å². The van der Waals surface area contributed by atoms with E-state index in [1.54, 1.807) is 0 Å². The normalized spacial score (nSPS) is 43.4. The van der Waals surface area contributed by atoms with Crippen molar-refractivity contribution in [1.82, 2.24) is 9.80 Å². The average molecular weight is 441 g/mol. The molecule has 4 aliphatic heterocycles. The summed E-state index contributed by atoms with van der Waals surface area (Å²) in [7, 11) is 0. The van der Waals surface area contributed by atoms with E-state index in [-0.39, 0.29) is 11.5 Å². The molecule has 1 N–H and O–H groups in total. The lowest BCUT2D eigenvalue weighted by atomic mass is 9.54. The molecule has 3 saturated heterocycles. The monoisotopic (exact) mass is 440 g/mol. The van der Waals surface area contributed by atoms with E-state index in [0.717, 1.165) is 51.6 Å². The van der Waals surface area contributed by atoms with Crippen LogP contribution < -0.4 is 0 Å². The van der Waals surface area contributed by atoms with Crippen molar-refractivity contribution in [1.29, 1.82) is 0 Å². The van der Waals surface area contributed by atoms with Crippen molar-refractivity contribution in [3.05, 3.63) is 23.8 Å². The smallest absolute Gasteiger partial charge is 0.133 e. The van der Waals surface area contributed by atoms with Gasteiger partial charge >= 0.3 is 0 Å². The number of piperidine rings is 1. The van der Waals surface area contributed by atoms with E-state index < -0.39 is 5.60 Å². The van der Waals surface area contributed by atoms with Crippen LogP contribution in [-0.2, 0) is 4.79 Å². The van der Waals surface area contributed by atoms with Crippen LogP contribution in [0.25, 0.3) is 0 Å². The summed E-state index contributed by atoms with van der Waals surface area (Å²) in [5.41, 5.74) is 0.876. The third-order valence-corrected chi connectivity index (χ3v) is 9.47. The Morgan fingerprint density at radius 1 is 1.03 bits per heavy atom. The van der Waals surface area contributed by atoms with Crippen molar-refractivity contribution >= 4 is 5.78 Å². The fourth-order valence-electron chi connectivity index (χ4n) is 8.26. The van der Waals surface area contributed by atoms with Gasteiger partial charge in [0.2, 0.25) is 0 Å². The van der Waals surface area contributed by atoms with E-state index in [0.29, 0.717) is 30.1 Å². The van der Waals surface area contributed by atoms with Crippen molar-refractivity contribution in [3.63, 3.8) is 0 Å². The number of hydrogen-bond donors (Lipinski definition) is 1. The summed E-state index contributed by atoms with van der Waals surface area (Å²) < 4.78 is 0. The number of allylic oxidation sites excluding steroid dienone is 3. The van der Waals surface area contributed by atoms with Gasteiger partial charge in [0.15, 0.2) is 0 Å². The molecule has 3 bridgehead atoms. The average Bonchev–Trinajstić information content (AvgIpc) is 3.05. The Balaban J connectivity index is 1.61. The minimum Gasteiger partial charge on any atom is -0.384 e. The van der Waals surface area contributed by atoms with Gasteiger partial charge < -0.3 is 10.0 Å². The minimum atomic E-state index is -0.768. The number of fused-ring (bicyclic) bond motifs is 2. The van der Waals surface area contributed by atoms with Crippen LogP contribution >= 0.6 is 0 Å². The molecule has 1 aliphatic carbocycles. The first-order valence-electron chi connectivity index (χ1n) is 13.5. The highest BCUT2D eigenvalue weighted by atomic mass is 16.3. The molecule has 1 spiro atoms. The molecular weight excluding hydrogens is 396 g/mol. The lowest BCUT2D eigenvalue weighted by Crippen LogP contribution is -2.66. The number of aliphatic hydroxyl groups is 1. The molecule has 0 aromatic heterocycles. The maximum absolute atomic E-state index is 12.5. The van der Waals surface area contributed by atoms with E-state index in [9.17, 15) is 9.90 Å². The Bertz CT molecular complexity index is 773. The zero-order valence-corrected chi connectivity index (χ0v) is 20.4. The van der Waals surface area contributed by atoms with Crippen LogP contribution in [0.1, 0.15) is 84.5 Å². The summed E-state index contributed by atoms with van der Waals surface area (Å²) in [6.45, 7) is 9.15. The first kappa shape index (κ1) is 22.8. The van der Waals surface area contributed by atoms with Crippen LogP contribution in [0.15, 0.2) is 23.8 Å². The molecule has 0 amide bonds. The summed E-state index contributed by atoms with van der Waals surface area (Å²) in [6, 6.07) is 0.638. The zero-order chi connectivity index (χ0) is 22.3. The fourth-order valence-corrected chi connectivity index (χ4v) is 8.26. The van der Waals surface area contributed by atoms with Crippen molar-refractivity contribution in [2.75, 3.05) is 26.2 Å². The second kappa shape index (κ2) is 9.00. The highest BCUT2D eigenvalue weighted by molar-refractivity contribution is 5.78. The van der Waals surface area contributed by atoms with Gasteiger partial charge in [-0.1, -0.05) is 37.6 Å². The Labute approximate surface area is 195 Å². The van der Waals surface area contributed by atoms with Crippen LogP contribution in [0.4, 0.5) is 0 Å². The van der Waals surface area contributed by atoms with Crippen LogP contribution in [0, 0.1) is 17.3 Å². The number of carbonyl (C=O) groups is 1. The van der Waals surface area contributed by atoms with Crippen molar-refractivity contribution in [2.45, 2.75) is 102 Å². The van der Waals surface area contributed by atoms with Crippen molar-refractivity contribution in [3.8, 4) is 0 Å². The molecule has 0 aromatic rings. The van der Waals surface area contributed by atoms with Gasteiger partial charge in [-0.15, -0.1) is 0 Å². The standard InChI is InChI=1S/C28H44N2O2/c1-21(2)24-19-28(32)14-7-5-3-4-6-8-15-29-17-13-25(24)27(20-29)18-22-11-12-23(31)10-9-16-30(22)26(27)28/h3,5,19,21-22,25-26,32H,4,6-18,20H2,1-2H3/t22-,25-,26+,27-,28-/m1/s1. The molecule has 178 valence electrons. The Hall–Kier alpha value is -0.970. The van der Waals surface area contributed by atoms with E-state index in [4.69, 9.17) is 0 Å². The summed E-state index contributed by atoms with van der Waals surface area (Å²) in [5.74, 6) is 1.50. The Morgan fingerprint density at radius 3 is 2.72 bits per heavy atom. The highest BCUT2D eigenvalue weighted by Gasteiger charge is 2.65. The molecule has 3 fully saturated rings. The predicted molar refractivity (Wildman–Crippen MR) is 129 cm³/mol. The van der Waals surface area contributed by atoms with Crippen LogP contribution in [0.5, 0.6) is 0 Å². The van der Waals surface area contributed by atoms with Crippen molar-refractivity contribution < 1.29 is 9.90 Å². The van der Waals surface area contributed by atoms with Gasteiger partial charge in [0.25, 0.3) is 0 Å². The Morgan fingerprint density at radius 2 is 1.88 bits per heavy atom. The third-order valence-electron chi connectivity index (χ3n) is 9.47. The SMILES string of the molecule is CC(C)C1=C[C@]2(O)CCC=CCCCCN3CC[C@H]1[C@@]1(C[C@H]4CCC(=O)CCCN4[C@@H]12)C3. The van der Waals surface area contributed by atoms with Gasteiger partial charge in [-0.2, -0.15) is 0 Å². The first-order chi connectivity index (χ1) is 15.4. The highest BCUT2D eigenvalue weighted by Crippen LogP contribution is 2.61. The molecule has 5 rings (SSSR count). The number of Topliss-reactive ketones (excluding diaryl/α,β-unsaturated/α-hetero) is 1. The lowest BCUT2D eigenvalue weighted by Gasteiger charge is -2.59. The molecule has 6 atom stereocenters. The lowest BCUT2D eigenvalue weighted by molar-refractivity contribution is -0.121. The molecule has 32 heavy (non-hydrogen) atoms. The molecule has 1 unspecified atom stereocenters. The first-order valence-corrected chi connectivity index (χ1v) is 13.5. The van der Waals surface area contributed by atoms with E-state index in [1.807, 2.05) is 0 Å². The Kier molecular flexibility index (Phi) is 6.41. The fraction of sp³-hybridized carbons (Fsp3) is 0.821. The molecule has 4 heteroatoms. The van der Waals surface area contributed by atoms with E-state index in [1.165, 1.54) is 44.3 Å². The number of carbonyl (C=O) groups excluding carboxylic acids is 1. The van der Waals surface area contributed by atoms with Crippen molar-refractivity contribution in [2.24, 2.45) is 17.3 Å². The second-order valence-electron chi connectivity index (χ2n) is 11.8. The van der Waals surface area contributed by atoms with Crippen LogP contribution in [-0.4, -0.2) is 64.6 Å². The van der Waals surface area contributed by atoms with Gasteiger partial charge in [-0.3, -0.25) is 9.69 Å². The van der Waals surface area contributed by atoms with Crippen LogP contribution in [0.2, 0.25) is 0 Å². The van der Waals surface area contributed by atoms with Gasteiger partial charge in [0.05, 0.1) is 5.60 Å². The molecule has 0 radical (unpaired) electrons. The maximum Gasteiger partial charge on any atom is 0.133 e. The topological polar surface area (TPSA) is 43.8 Å². The summed E-state index contributed by atoms with van der Waals surface area (Å²) in [6.07, 6.45) is 18.3. The predicted octanol–water partition coefficient (Wildman–Crippen LogP) is 4.73. The molecule has 4 heterocycles. The molecule has 0 aromatic carbocycles. The summed E-state index contributed by atoms with van der Waals surface area (Å²) in [5, 5.41) is 12.5. The number of hydrogen-bond acceptors (Lipinski definition) is 4. The number of ketones is 1. The zero-order valence-electron chi connectivity index (χ0n) is 20.4. The molecular formula is C28H44N2O2. The van der Waals surface area contributed by atoms with Gasteiger partial charge in [-0.05, 0) is 89.3 Å². The largest absolute Gasteiger partial charge is 0.384 e. The molecule has 4 nitrogen and oxygen atoms in total. The van der Waals surface area contributed by atoms with E-state index >= 15 is 0 Å². The van der Waals surface area contributed by atoms with Crippen LogP contribution in [0.3, 0.4) is 0 Å². The summed E-state index contributed by atoms with van der Waals surface area (Å²) in [4.78, 5) is 17.8. The number of rotatable bonds is 1.